The van der Waals surface area contributed by atoms with Crippen LogP contribution in [0.15, 0.2) is 29.2 Å². The molecule has 1 fully saturated rings. The Morgan fingerprint density at radius 3 is 2.44 bits per heavy atom. The SMILES string of the molecule is O=C(COC(=O)CCNS(=O)(=O)c1ccc(Cl)cc1)NCC1CCCCC1. The molecule has 1 aliphatic rings. The van der Waals surface area contributed by atoms with Gasteiger partial charge in [-0.3, -0.25) is 9.59 Å². The summed E-state index contributed by atoms with van der Waals surface area (Å²) in [6.07, 6.45) is 5.72. The summed E-state index contributed by atoms with van der Waals surface area (Å²) in [6, 6.07) is 5.69. The molecule has 1 aromatic rings. The van der Waals surface area contributed by atoms with Crippen molar-refractivity contribution in [1.82, 2.24) is 10.0 Å². The van der Waals surface area contributed by atoms with Gasteiger partial charge in [-0.1, -0.05) is 30.9 Å². The largest absolute Gasteiger partial charge is 0.456 e. The van der Waals surface area contributed by atoms with Gasteiger partial charge in [-0.15, -0.1) is 0 Å². The molecule has 1 amide bonds. The molecule has 2 rings (SSSR count). The lowest BCUT2D eigenvalue weighted by atomic mass is 9.89. The van der Waals surface area contributed by atoms with E-state index in [4.69, 9.17) is 16.3 Å². The minimum Gasteiger partial charge on any atom is -0.456 e. The molecule has 1 aromatic carbocycles. The molecule has 0 aliphatic heterocycles. The number of sulfonamides is 1. The number of hydrogen-bond donors (Lipinski definition) is 2. The van der Waals surface area contributed by atoms with Crippen molar-refractivity contribution in [3.05, 3.63) is 29.3 Å². The quantitative estimate of drug-likeness (QED) is 0.601. The molecule has 0 bridgehead atoms. The monoisotopic (exact) mass is 416 g/mol. The van der Waals surface area contributed by atoms with Crippen molar-refractivity contribution in [3.8, 4) is 0 Å². The molecule has 0 atom stereocenters. The Kier molecular flexibility index (Phi) is 8.53. The van der Waals surface area contributed by atoms with Crippen LogP contribution >= 0.6 is 11.6 Å². The van der Waals surface area contributed by atoms with E-state index in [0.717, 1.165) is 12.8 Å². The van der Waals surface area contributed by atoms with Gasteiger partial charge >= 0.3 is 5.97 Å². The maximum absolute atomic E-state index is 12.1. The molecular formula is C18H25ClN2O5S. The van der Waals surface area contributed by atoms with E-state index in [9.17, 15) is 18.0 Å². The van der Waals surface area contributed by atoms with Crippen molar-refractivity contribution in [3.63, 3.8) is 0 Å². The molecule has 27 heavy (non-hydrogen) atoms. The summed E-state index contributed by atoms with van der Waals surface area (Å²) < 4.78 is 31.3. The highest BCUT2D eigenvalue weighted by atomic mass is 35.5. The summed E-state index contributed by atoms with van der Waals surface area (Å²) in [4.78, 5) is 23.4. The van der Waals surface area contributed by atoms with Crippen molar-refractivity contribution in [2.45, 2.75) is 43.4 Å². The molecule has 0 radical (unpaired) electrons. The smallest absolute Gasteiger partial charge is 0.307 e. The number of nitrogens with one attached hydrogen (secondary N) is 2. The number of halogens is 1. The molecule has 7 nitrogen and oxygen atoms in total. The van der Waals surface area contributed by atoms with Crippen LogP contribution in [0.1, 0.15) is 38.5 Å². The van der Waals surface area contributed by atoms with Crippen LogP contribution < -0.4 is 10.0 Å². The summed E-state index contributed by atoms with van der Waals surface area (Å²) in [6.45, 7) is 0.139. The molecule has 0 spiro atoms. The number of carbonyl (C=O) groups excluding carboxylic acids is 2. The Morgan fingerprint density at radius 2 is 1.78 bits per heavy atom. The second-order valence-corrected chi connectivity index (χ2v) is 8.77. The second kappa shape index (κ2) is 10.6. The van der Waals surface area contributed by atoms with Crippen molar-refractivity contribution in [2.75, 3.05) is 19.7 Å². The van der Waals surface area contributed by atoms with E-state index < -0.39 is 16.0 Å². The van der Waals surface area contributed by atoms with Crippen LogP contribution in [0.2, 0.25) is 5.02 Å². The highest BCUT2D eigenvalue weighted by Crippen LogP contribution is 2.22. The lowest BCUT2D eigenvalue weighted by Crippen LogP contribution is -2.34. The average Bonchev–Trinajstić information content (AvgIpc) is 2.66. The zero-order valence-corrected chi connectivity index (χ0v) is 16.7. The van der Waals surface area contributed by atoms with Crippen molar-refractivity contribution >= 4 is 33.5 Å². The van der Waals surface area contributed by atoms with E-state index >= 15 is 0 Å². The molecule has 0 heterocycles. The lowest BCUT2D eigenvalue weighted by Gasteiger charge is -2.21. The van der Waals surface area contributed by atoms with E-state index in [1.165, 1.54) is 43.5 Å². The molecule has 0 unspecified atom stereocenters. The molecule has 2 N–H and O–H groups in total. The third-order valence-corrected chi connectivity index (χ3v) is 6.15. The van der Waals surface area contributed by atoms with Gasteiger partial charge < -0.3 is 10.1 Å². The van der Waals surface area contributed by atoms with Gasteiger partial charge in [0.15, 0.2) is 6.61 Å². The summed E-state index contributed by atoms with van der Waals surface area (Å²) in [5.41, 5.74) is 0. The zero-order valence-electron chi connectivity index (χ0n) is 15.1. The maximum atomic E-state index is 12.1. The van der Waals surface area contributed by atoms with E-state index in [-0.39, 0.29) is 30.4 Å². The molecule has 1 aliphatic carbocycles. The van der Waals surface area contributed by atoms with E-state index in [1.807, 2.05) is 0 Å². The second-order valence-electron chi connectivity index (χ2n) is 6.57. The van der Waals surface area contributed by atoms with Gasteiger partial charge in [0.25, 0.3) is 5.91 Å². The van der Waals surface area contributed by atoms with E-state index in [1.54, 1.807) is 0 Å². The standard InChI is InChI=1S/C18H25ClN2O5S/c19-15-6-8-16(9-7-15)27(24,25)21-11-10-18(23)26-13-17(22)20-12-14-4-2-1-3-5-14/h6-9,14,21H,1-5,10-13H2,(H,20,22). The van der Waals surface area contributed by atoms with Gasteiger partial charge in [0, 0.05) is 18.1 Å². The fourth-order valence-electron chi connectivity index (χ4n) is 2.90. The number of ether oxygens (including phenoxy) is 1. The molecule has 0 aromatic heterocycles. The Bertz CT molecular complexity index is 731. The van der Waals surface area contributed by atoms with Crippen LogP contribution in [0.25, 0.3) is 0 Å². The molecule has 9 heteroatoms. The van der Waals surface area contributed by atoms with Crippen LogP contribution in [0.3, 0.4) is 0 Å². The first kappa shape index (κ1) is 21.7. The third-order valence-electron chi connectivity index (χ3n) is 4.42. The van der Waals surface area contributed by atoms with E-state index in [2.05, 4.69) is 10.0 Å². The minimum atomic E-state index is -3.72. The number of carbonyl (C=O) groups is 2. The summed E-state index contributed by atoms with van der Waals surface area (Å²) >= 11 is 5.73. The fourth-order valence-corrected chi connectivity index (χ4v) is 4.06. The van der Waals surface area contributed by atoms with Crippen LogP contribution in [-0.4, -0.2) is 40.0 Å². The van der Waals surface area contributed by atoms with Gasteiger partial charge in [-0.25, -0.2) is 13.1 Å². The Labute approximate surface area is 164 Å². The molecule has 1 saturated carbocycles. The van der Waals surface area contributed by atoms with Crippen LogP contribution in [-0.2, 0) is 24.3 Å². The maximum Gasteiger partial charge on any atom is 0.307 e. The predicted molar refractivity (Wildman–Crippen MR) is 102 cm³/mol. The summed E-state index contributed by atoms with van der Waals surface area (Å²) in [5.74, 6) is -0.474. The van der Waals surface area contributed by atoms with Crippen molar-refractivity contribution in [1.29, 1.82) is 0 Å². The number of rotatable bonds is 9. The molecule has 150 valence electrons. The minimum absolute atomic E-state index is 0.0577. The number of benzene rings is 1. The van der Waals surface area contributed by atoms with Crippen LogP contribution in [0, 0.1) is 5.92 Å². The Balaban J connectivity index is 1.62. The van der Waals surface area contributed by atoms with E-state index in [0.29, 0.717) is 17.5 Å². The van der Waals surface area contributed by atoms with Gasteiger partial charge in [0.2, 0.25) is 10.0 Å². The number of hydrogen-bond acceptors (Lipinski definition) is 5. The summed E-state index contributed by atoms with van der Waals surface area (Å²) in [7, 11) is -3.72. The fraction of sp³-hybridized carbons (Fsp3) is 0.556. The zero-order chi connectivity index (χ0) is 19.7. The first-order chi connectivity index (χ1) is 12.9. The average molecular weight is 417 g/mol. The lowest BCUT2D eigenvalue weighted by molar-refractivity contribution is -0.148. The van der Waals surface area contributed by atoms with Crippen LogP contribution in [0.4, 0.5) is 0 Å². The topological polar surface area (TPSA) is 102 Å². The van der Waals surface area contributed by atoms with Crippen molar-refractivity contribution < 1.29 is 22.7 Å². The van der Waals surface area contributed by atoms with Gasteiger partial charge in [0.1, 0.15) is 0 Å². The van der Waals surface area contributed by atoms with Gasteiger partial charge in [-0.05, 0) is 43.0 Å². The Morgan fingerprint density at radius 1 is 1.11 bits per heavy atom. The number of esters is 1. The first-order valence-corrected chi connectivity index (χ1v) is 10.9. The van der Waals surface area contributed by atoms with Crippen LogP contribution in [0.5, 0.6) is 0 Å². The summed E-state index contributed by atoms with van der Waals surface area (Å²) in [5, 5.41) is 3.21. The first-order valence-electron chi connectivity index (χ1n) is 9.04. The molecular weight excluding hydrogens is 392 g/mol. The Hall–Kier alpha value is -1.64. The predicted octanol–water partition coefficient (Wildman–Crippen LogP) is 2.25. The van der Waals surface area contributed by atoms with Gasteiger partial charge in [-0.2, -0.15) is 0 Å². The van der Waals surface area contributed by atoms with Gasteiger partial charge in [0.05, 0.1) is 11.3 Å². The highest BCUT2D eigenvalue weighted by Gasteiger charge is 2.16. The normalized spacial score (nSPS) is 15.3. The van der Waals surface area contributed by atoms with Crippen molar-refractivity contribution in [2.24, 2.45) is 5.92 Å². The highest BCUT2D eigenvalue weighted by molar-refractivity contribution is 7.89. The third kappa shape index (κ3) is 7.86. The molecule has 0 saturated heterocycles. The number of amides is 1.